The summed E-state index contributed by atoms with van der Waals surface area (Å²) in [6.45, 7) is 2.18. The van der Waals surface area contributed by atoms with Crippen molar-refractivity contribution in [2.24, 2.45) is 0 Å². The van der Waals surface area contributed by atoms with Gasteiger partial charge in [0.25, 0.3) is 0 Å². The van der Waals surface area contributed by atoms with Gasteiger partial charge in [0.15, 0.2) is 5.82 Å². The molecule has 0 saturated carbocycles. The van der Waals surface area contributed by atoms with Crippen molar-refractivity contribution in [3.63, 3.8) is 0 Å². The van der Waals surface area contributed by atoms with Crippen molar-refractivity contribution < 1.29 is 18.8 Å². The van der Waals surface area contributed by atoms with Crippen molar-refractivity contribution in [1.29, 1.82) is 0 Å². The van der Waals surface area contributed by atoms with Crippen molar-refractivity contribution in [1.82, 2.24) is 15.0 Å². The first kappa shape index (κ1) is 18.1. The number of aromatic nitrogens is 2. The van der Waals surface area contributed by atoms with E-state index in [0.717, 1.165) is 19.4 Å². The fourth-order valence-corrected chi connectivity index (χ4v) is 3.39. The number of likely N-dealkylation sites (tertiary alicyclic amines) is 1. The predicted molar refractivity (Wildman–Crippen MR) is 90.8 cm³/mol. The molecule has 0 aliphatic carbocycles. The summed E-state index contributed by atoms with van der Waals surface area (Å²) >= 11 is 0. The summed E-state index contributed by atoms with van der Waals surface area (Å²) in [4.78, 5) is 6.81. The van der Waals surface area contributed by atoms with Crippen LogP contribution in [0.3, 0.4) is 0 Å². The van der Waals surface area contributed by atoms with E-state index in [0.29, 0.717) is 43.5 Å². The van der Waals surface area contributed by atoms with E-state index in [1.807, 2.05) is 12.1 Å². The highest BCUT2D eigenvalue weighted by Crippen LogP contribution is 2.27. The Morgan fingerprint density at radius 3 is 3.12 bits per heavy atom. The summed E-state index contributed by atoms with van der Waals surface area (Å²) in [6.07, 6.45) is 6.92. The maximum Gasteiger partial charge on any atom is 0.240 e. The third-order valence-corrected chi connectivity index (χ3v) is 4.74. The Bertz CT molecular complexity index is 614. The zero-order valence-electron chi connectivity index (χ0n) is 14.8. The molecule has 3 heterocycles. The lowest BCUT2D eigenvalue weighted by atomic mass is 10.0. The van der Waals surface area contributed by atoms with Crippen LogP contribution in [-0.4, -0.2) is 46.5 Å². The number of furan rings is 1. The minimum absolute atomic E-state index is 0.275. The van der Waals surface area contributed by atoms with Crippen LogP contribution in [0.2, 0.25) is 0 Å². The number of methoxy groups -OCH3 is 1. The third kappa shape index (κ3) is 5.14. The molecule has 25 heavy (non-hydrogen) atoms. The van der Waals surface area contributed by atoms with E-state index in [2.05, 4.69) is 15.0 Å². The second kappa shape index (κ2) is 9.12. The highest BCUT2D eigenvalue weighted by Gasteiger charge is 2.26. The highest BCUT2D eigenvalue weighted by atomic mass is 16.5. The quantitative estimate of drug-likeness (QED) is 0.784. The molecule has 1 aliphatic heterocycles. The van der Waals surface area contributed by atoms with E-state index in [4.69, 9.17) is 13.7 Å². The van der Waals surface area contributed by atoms with Crippen molar-refractivity contribution in [2.45, 2.75) is 57.2 Å². The molecular formula is C18H27N3O4. The standard InChI is InChI=1S/C18H27N3O4/c1-23-11-8-17-19-18(25-20-17)13-21-9-4-2-3-6-14(21)12-15(22)16-7-5-10-24-16/h5,7,10,14-15,22H,2-4,6,8-9,11-13H2,1H3. The second-order valence-electron chi connectivity index (χ2n) is 6.59. The first-order chi connectivity index (χ1) is 12.3. The molecule has 0 spiro atoms. The third-order valence-electron chi connectivity index (χ3n) is 4.74. The Labute approximate surface area is 148 Å². The Balaban J connectivity index is 1.62. The number of aliphatic hydroxyl groups is 1. The van der Waals surface area contributed by atoms with Gasteiger partial charge in [-0.25, -0.2) is 0 Å². The lowest BCUT2D eigenvalue weighted by molar-refractivity contribution is 0.0779. The Morgan fingerprint density at radius 1 is 1.40 bits per heavy atom. The molecule has 0 bridgehead atoms. The van der Waals surface area contributed by atoms with Crippen molar-refractivity contribution >= 4 is 0 Å². The molecule has 0 radical (unpaired) electrons. The van der Waals surface area contributed by atoms with Gasteiger partial charge >= 0.3 is 0 Å². The maximum atomic E-state index is 10.5. The molecule has 7 nitrogen and oxygen atoms in total. The molecular weight excluding hydrogens is 322 g/mol. The molecule has 7 heteroatoms. The minimum atomic E-state index is -0.583. The van der Waals surface area contributed by atoms with E-state index in [1.165, 1.54) is 12.8 Å². The fourth-order valence-electron chi connectivity index (χ4n) is 3.39. The first-order valence-corrected chi connectivity index (χ1v) is 9.02. The van der Waals surface area contributed by atoms with Gasteiger partial charge in [-0.2, -0.15) is 4.98 Å². The number of ether oxygens (including phenoxy) is 1. The van der Waals surface area contributed by atoms with E-state index >= 15 is 0 Å². The highest BCUT2D eigenvalue weighted by molar-refractivity contribution is 5.02. The molecule has 1 saturated heterocycles. The van der Waals surface area contributed by atoms with Gasteiger partial charge in [-0.15, -0.1) is 0 Å². The van der Waals surface area contributed by atoms with Crippen LogP contribution in [0.5, 0.6) is 0 Å². The van der Waals surface area contributed by atoms with E-state index < -0.39 is 6.10 Å². The molecule has 0 amide bonds. The average molecular weight is 349 g/mol. The van der Waals surface area contributed by atoms with Crippen LogP contribution in [0.15, 0.2) is 27.3 Å². The first-order valence-electron chi connectivity index (χ1n) is 9.02. The largest absolute Gasteiger partial charge is 0.467 e. The van der Waals surface area contributed by atoms with Gasteiger partial charge in [0.1, 0.15) is 11.9 Å². The fraction of sp³-hybridized carbons (Fsp3) is 0.667. The topological polar surface area (TPSA) is 84.8 Å². The van der Waals surface area contributed by atoms with Gasteiger partial charge in [0, 0.05) is 19.6 Å². The lowest BCUT2D eigenvalue weighted by Gasteiger charge is -2.29. The van der Waals surface area contributed by atoms with Crippen molar-refractivity contribution in [3.8, 4) is 0 Å². The molecule has 2 aromatic rings. The van der Waals surface area contributed by atoms with Crippen LogP contribution in [0, 0.1) is 0 Å². The molecule has 3 rings (SSSR count). The minimum Gasteiger partial charge on any atom is -0.467 e. The summed E-state index contributed by atoms with van der Waals surface area (Å²) in [7, 11) is 1.66. The monoisotopic (exact) mass is 349 g/mol. The zero-order chi connectivity index (χ0) is 17.5. The maximum absolute atomic E-state index is 10.5. The van der Waals surface area contributed by atoms with Crippen LogP contribution < -0.4 is 0 Å². The average Bonchev–Trinajstić information content (AvgIpc) is 3.25. The van der Waals surface area contributed by atoms with Crippen molar-refractivity contribution in [2.75, 3.05) is 20.3 Å². The molecule has 2 unspecified atom stereocenters. The Hall–Kier alpha value is -1.70. The zero-order valence-corrected chi connectivity index (χ0v) is 14.8. The van der Waals surface area contributed by atoms with E-state index in [9.17, 15) is 5.11 Å². The van der Waals surface area contributed by atoms with Gasteiger partial charge in [0.2, 0.25) is 5.89 Å². The van der Waals surface area contributed by atoms with Crippen LogP contribution in [0.1, 0.15) is 55.7 Å². The number of hydrogen-bond acceptors (Lipinski definition) is 7. The van der Waals surface area contributed by atoms with Gasteiger partial charge < -0.3 is 18.8 Å². The van der Waals surface area contributed by atoms with Crippen LogP contribution >= 0.6 is 0 Å². The summed E-state index contributed by atoms with van der Waals surface area (Å²) < 4.78 is 15.8. The second-order valence-corrected chi connectivity index (χ2v) is 6.59. The smallest absolute Gasteiger partial charge is 0.240 e. The molecule has 1 fully saturated rings. The van der Waals surface area contributed by atoms with Gasteiger partial charge in [-0.05, 0) is 37.9 Å². The number of aliphatic hydroxyl groups excluding tert-OH is 1. The summed E-state index contributed by atoms with van der Waals surface area (Å²) in [5, 5.41) is 14.5. The summed E-state index contributed by atoms with van der Waals surface area (Å²) in [6, 6.07) is 3.91. The molecule has 1 aliphatic rings. The van der Waals surface area contributed by atoms with Crippen molar-refractivity contribution in [3.05, 3.63) is 35.9 Å². The molecule has 2 atom stereocenters. The number of nitrogens with zero attached hydrogens (tertiary/aromatic N) is 3. The van der Waals surface area contributed by atoms with E-state index in [1.54, 1.807) is 13.4 Å². The SMILES string of the molecule is COCCc1noc(CN2CCCCCC2CC(O)c2ccco2)n1. The van der Waals surface area contributed by atoms with Crippen LogP contribution in [-0.2, 0) is 17.7 Å². The van der Waals surface area contributed by atoms with E-state index in [-0.39, 0.29) is 6.04 Å². The van der Waals surface area contributed by atoms with Crippen LogP contribution in [0.25, 0.3) is 0 Å². The lowest BCUT2D eigenvalue weighted by Crippen LogP contribution is -2.35. The number of hydrogen-bond donors (Lipinski definition) is 1. The van der Waals surface area contributed by atoms with Gasteiger partial charge in [-0.1, -0.05) is 18.0 Å². The van der Waals surface area contributed by atoms with Crippen LogP contribution in [0.4, 0.5) is 0 Å². The Kier molecular flexibility index (Phi) is 6.61. The normalized spacial score (nSPS) is 20.5. The predicted octanol–water partition coefficient (Wildman–Crippen LogP) is 2.72. The molecule has 138 valence electrons. The molecule has 1 N–H and O–H groups in total. The summed E-state index contributed by atoms with van der Waals surface area (Å²) in [5.41, 5.74) is 0. The summed E-state index contributed by atoms with van der Waals surface area (Å²) in [5.74, 6) is 1.94. The molecule has 0 aromatic carbocycles. The van der Waals surface area contributed by atoms with Gasteiger partial charge in [0.05, 0.1) is 19.4 Å². The Morgan fingerprint density at radius 2 is 2.32 bits per heavy atom. The van der Waals surface area contributed by atoms with Gasteiger partial charge in [-0.3, -0.25) is 4.90 Å². The molecule has 2 aromatic heterocycles. The number of rotatable bonds is 8.